The number of aromatic nitrogens is 4. The summed E-state index contributed by atoms with van der Waals surface area (Å²) in [4.78, 5) is 17.5. The minimum absolute atomic E-state index is 0. The number of halogens is 1. The van der Waals surface area contributed by atoms with E-state index in [4.69, 9.17) is 4.52 Å². The van der Waals surface area contributed by atoms with E-state index in [-0.39, 0.29) is 30.2 Å². The third-order valence-corrected chi connectivity index (χ3v) is 5.48. The van der Waals surface area contributed by atoms with Crippen LogP contribution in [0, 0.1) is 12.8 Å². The molecule has 1 aliphatic carbocycles. The lowest BCUT2D eigenvalue weighted by Gasteiger charge is -2.29. The molecule has 2 aromatic rings. The summed E-state index contributed by atoms with van der Waals surface area (Å²) in [6.45, 7) is 3.24. The van der Waals surface area contributed by atoms with Crippen LogP contribution in [-0.2, 0) is 17.4 Å². The van der Waals surface area contributed by atoms with Crippen molar-refractivity contribution < 1.29 is 9.32 Å². The van der Waals surface area contributed by atoms with Crippen LogP contribution < -0.4 is 10.6 Å². The molecule has 2 aliphatic rings. The largest absolute Gasteiger partial charge is 0.343 e. The van der Waals surface area contributed by atoms with Gasteiger partial charge >= 0.3 is 0 Å². The summed E-state index contributed by atoms with van der Waals surface area (Å²) >= 11 is 0. The lowest BCUT2D eigenvalue weighted by Crippen LogP contribution is -2.48. The Hall–Kier alpha value is -1.93. The van der Waals surface area contributed by atoms with Gasteiger partial charge in [-0.05, 0) is 18.4 Å². The SMILES string of the molecule is Cc1nc(C2(NC(=O)[C@H]3CNC[C@@H]3c3cnn(C)c3)CCCC2)no1.Cl. The van der Waals surface area contributed by atoms with Crippen LogP contribution in [0.1, 0.15) is 48.9 Å². The Morgan fingerprint density at radius 3 is 2.77 bits per heavy atom. The van der Waals surface area contributed by atoms with E-state index in [1.807, 2.05) is 19.4 Å². The van der Waals surface area contributed by atoms with Gasteiger partial charge in [-0.3, -0.25) is 9.48 Å². The van der Waals surface area contributed by atoms with Gasteiger partial charge in [-0.1, -0.05) is 18.0 Å². The van der Waals surface area contributed by atoms with Crippen molar-refractivity contribution in [2.75, 3.05) is 13.1 Å². The molecule has 2 atom stereocenters. The topological polar surface area (TPSA) is 97.9 Å². The highest BCUT2D eigenvalue weighted by molar-refractivity contribution is 5.85. The molecule has 1 saturated heterocycles. The molecule has 8 nitrogen and oxygen atoms in total. The summed E-state index contributed by atoms with van der Waals surface area (Å²) in [5.74, 6) is 1.23. The van der Waals surface area contributed by atoms with Gasteiger partial charge in [0, 0.05) is 39.2 Å². The summed E-state index contributed by atoms with van der Waals surface area (Å²) in [7, 11) is 1.90. The first-order chi connectivity index (χ1) is 12.1. The highest BCUT2D eigenvalue weighted by Gasteiger charge is 2.44. The second kappa shape index (κ2) is 7.36. The Labute approximate surface area is 158 Å². The van der Waals surface area contributed by atoms with Gasteiger partial charge in [0.1, 0.15) is 5.54 Å². The number of hydrogen-bond donors (Lipinski definition) is 2. The zero-order chi connectivity index (χ0) is 17.4. The number of nitrogens with one attached hydrogen (secondary N) is 2. The van der Waals surface area contributed by atoms with Gasteiger partial charge in [-0.25, -0.2) is 0 Å². The van der Waals surface area contributed by atoms with Crippen LogP contribution >= 0.6 is 12.4 Å². The third kappa shape index (κ3) is 3.35. The molecule has 4 rings (SSSR count). The molecule has 1 amide bonds. The lowest BCUT2D eigenvalue weighted by molar-refractivity contribution is -0.127. The predicted octanol–water partition coefficient (Wildman–Crippen LogP) is 1.42. The van der Waals surface area contributed by atoms with Crippen molar-refractivity contribution in [2.45, 2.75) is 44.1 Å². The second-order valence-corrected chi connectivity index (χ2v) is 7.23. The fourth-order valence-corrected chi connectivity index (χ4v) is 4.14. The van der Waals surface area contributed by atoms with Crippen molar-refractivity contribution in [1.82, 2.24) is 30.6 Å². The maximum atomic E-state index is 13.1. The molecule has 0 aromatic carbocycles. The third-order valence-electron chi connectivity index (χ3n) is 5.48. The van der Waals surface area contributed by atoms with Crippen molar-refractivity contribution >= 4 is 18.3 Å². The van der Waals surface area contributed by atoms with Crippen LogP contribution in [0.5, 0.6) is 0 Å². The van der Waals surface area contributed by atoms with E-state index < -0.39 is 5.54 Å². The first-order valence-corrected chi connectivity index (χ1v) is 8.89. The summed E-state index contributed by atoms with van der Waals surface area (Å²) in [6.07, 6.45) is 7.67. The van der Waals surface area contributed by atoms with Crippen molar-refractivity contribution in [2.24, 2.45) is 13.0 Å². The predicted molar refractivity (Wildman–Crippen MR) is 96.9 cm³/mol. The molecular weight excluding hydrogens is 356 g/mol. The van der Waals surface area contributed by atoms with Crippen LogP contribution in [0.3, 0.4) is 0 Å². The number of amides is 1. The average molecular weight is 381 g/mol. The van der Waals surface area contributed by atoms with Gasteiger partial charge in [-0.2, -0.15) is 10.1 Å². The monoisotopic (exact) mass is 380 g/mol. The number of nitrogens with zero attached hydrogens (tertiary/aromatic N) is 4. The van der Waals surface area contributed by atoms with E-state index in [9.17, 15) is 4.79 Å². The van der Waals surface area contributed by atoms with E-state index in [1.165, 1.54) is 0 Å². The summed E-state index contributed by atoms with van der Waals surface area (Å²) in [6, 6.07) is 0. The molecule has 3 heterocycles. The van der Waals surface area contributed by atoms with Gasteiger partial charge in [0.05, 0.1) is 12.1 Å². The first kappa shape index (κ1) is 18.8. The zero-order valence-electron chi connectivity index (χ0n) is 15.1. The number of hydrogen-bond acceptors (Lipinski definition) is 6. The molecular formula is C17H25ClN6O2. The van der Waals surface area contributed by atoms with Crippen molar-refractivity contribution in [3.63, 3.8) is 0 Å². The average Bonchev–Trinajstić information content (AvgIpc) is 3.33. The van der Waals surface area contributed by atoms with Gasteiger partial charge in [-0.15, -0.1) is 12.4 Å². The van der Waals surface area contributed by atoms with E-state index in [2.05, 4.69) is 25.9 Å². The number of rotatable bonds is 4. The van der Waals surface area contributed by atoms with Gasteiger partial charge in [0.15, 0.2) is 5.82 Å². The molecule has 0 spiro atoms. The minimum atomic E-state index is -0.489. The Morgan fingerprint density at radius 1 is 1.38 bits per heavy atom. The van der Waals surface area contributed by atoms with E-state index >= 15 is 0 Å². The molecule has 2 N–H and O–H groups in total. The van der Waals surface area contributed by atoms with Gasteiger partial charge < -0.3 is 15.2 Å². The van der Waals surface area contributed by atoms with Crippen molar-refractivity contribution in [3.05, 3.63) is 29.7 Å². The van der Waals surface area contributed by atoms with E-state index in [0.717, 1.165) is 37.8 Å². The first-order valence-electron chi connectivity index (χ1n) is 8.89. The lowest BCUT2D eigenvalue weighted by atomic mass is 9.88. The molecule has 9 heteroatoms. The molecule has 1 saturated carbocycles. The van der Waals surface area contributed by atoms with Gasteiger partial charge in [0.2, 0.25) is 11.8 Å². The normalized spacial score (nSPS) is 24.4. The Morgan fingerprint density at radius 2 is 2.15 bits per heavy atom. The zero-order valence-corrected chi connectivity index (χ0v) is 15.9. The molecule has 2 aromatic heterocycles. The molecule has 0 unspecified atom stereocenters. The summed E-state index contributed by atoms with van der Waals surface area (Å²) in [5.41, 5.74) is 0.611. The maximum Gasteiger partial charge on any atom is 0.225 e. The molecule has 1 aliphatic heterocycles. The number of carbonyl (C=O) groups is 1. The quantitative estimate of drug-likeness (QED) is 0.832. The van der Waals surface area contributed by atoms with Crippen molar-refractivity contribution in [3.8, 4) is 0 Å². The smallest absolute Gasteiger partial charge is 0.225 e. The van der Waals surface area contributed by atoms with Gasteiger partial charge in [0.25, 0.3) is 0 Å². The fourth-order valence-electron chi connectivity index (χ4n) is 4.14. The number of carbonyl (C=O) groups excluding carboxylic acids is 1. The van der Waals surface area contributed by atoms with Crippen LogP contribution in [0.15, 0.2) is 16.9 Å². The van der Waals surface area contributed by atoms with Crippen LogP contribution in [0.2, 0.25) is 0 Å². The highest BCUT2D eigenvalue weighted by Crippen LogP contribution is 2.38. The summed E-state index contributed by atoms with van der Waals surface area (Å²) in [5, 5.41) is 15.0. The van der Waals surface area contributed by atoms with Crippen LogP contribution in [-0.4, -0.2) is 38.9 Å². The minimum Gasteiger partial charge on any atom is -0.343 e. The maximum absolute atomic E-state index is 13.1. The second-order valence-electron chi connectivity index (χ2n) is 7.23. The molecule has 0 bridgehead atoms. The Kier molecular flexibility index (Phi) is 5.34. The van der Waals surface area contributed by atoms with E-state index in [0.29, 0.717) is 18.3 Å². The Balaban J connectivity index is 0.00000196. The van der Waals surface area contributed by atoms with Crippen LogP contribution in [0.25, 0.3) is 0 Å². The van der Waals surface area contributed by atoms with E-state index in [1.54, 1.807) is 11.6 Å². The molecule has 0 radical (unpaired) electrons. The highest BCUT2D eigenvalue weighted by atomic mass is 35.5. The molecule has 2 fully saturated rings. The standard InChI is InChI=1S/C17H24N6O2.ClH/c1-11-20-16(22-25-11)17(5-3-4-6-17)21-15(24)14-9-18-8-13(14)12-7-19-23(2)10-12;/h7,10,13-14,18H,3-6,8-9H2,1-2H3,(H,21,24);1H/t13-,14+;/m1./s1. The molecule has 26 heavy (non-hydrogen) atoms. The summed E-state index contributed by atoms with van der Waals surface area (Å²) < 4.78 is 6.95. The Bertz CT molecular complexity index is 767. The van der Waals surface area contributed by atoms with Crippen LogP contribution in [0.4, 0.5) is 0 Å². The molecule has 142 valence electrons. The fraction of sp³-hybridized carbons (Fsp3) is 0.647. The number of aryl methyl sites for hydroxylation is 2. The van der Waals surface area contributed by atoms with Crippen molar-refractivity contribution in [1.29, 1.82) is 0 Å².